The van der Waals surface area contributed by atoms with Gasteiger partial charge in [0.1, 0.15) is 0 Å². The van der Waals surface area contributed by atoms with E-state index in [1.807, 2.05) is 0 Å². The maximum atomic E-state index is 12.7. The van der Waals surface area contributed by atoms with Gasteiger partial charge in [0.25, 0.3) is 0 Å². The van der Waals surface area contributed by atoms with Gasteiger partial charge in [-0.15, -0.1) is 0 Å². The van der Waals surface area contributed by atoms with E-state index in [1.54, 1.807) is 20.8 Å². The summed E-state index contributed by atoms with van der Waals surface area (Å²) >= 11 is 0. The minimum absolute atomic E-state index is 0.0380. The molecule has 1 fully saturated rings. The van der Waals surface area contributed by atoms with E-state index in [9.17, 15) is 21.6 Å². The summed E-state index contributed by atoms with van der Waals surface area (Å²) in [5.74, 6) is -1.29. The predicted octanol–water partition coefficient (Wildman–Crippen LogP) is 2.91. The summed E-state index contributed by atoms with van der Waals surface area (Å²) in [6.45, 7) is 5.10. The summed E-state index contributed by atoms with van der Waals surface area (Å²) in [4.78, 5) is 0. The highest BCUT2D eigenvalue weighted by molar-refractivity contribution is 7.92. The first-order valence-electron chi connectivity index (χ1n) is 6.96. The van der Waals surface area contributed by atoms with Crippen LogP contribution in [-0.4, -0.2) is 37.7 Å². The van der Waals surface area contributed by atoms with E-state index < -0.39 is 26.7 Å². The maximum absolute atomic E-state index is 12.7. The van der Waals surface area contributed by atoms with Crippen molar-refractivity contribution in [3.05, 3.63) is 0 Å². The molecule has 3 nitrogen and oxygen atoms in total. The molecular formula is C13H24F3NO2S. The van der Waals surface area contributed by atoms with E-state index in [0.717, 1.165) is 0 Å². The van der Waals surface area contributed by atoms with Crippen LogP contribution in [0.5, 0.6) is 0 Å². The van der Waals surface area contributed by atoms with Gasteiger partial charge in [0, 0.05) is 12.6 Å². The Balaban J connectivity index is 2.43. The molecule has 7 heteroatoms. The van der Waals surface area contributed by atoms with Gasteiger partial charge in [0.2, 0.25) is 0 Å². The molecule has 1 N–H and O–H groups in total. The summed E-state index contributed by atoms with van der Waals surface area (Å²) in [7, 11) is -3.23. The lowest BCUT2D eigenvalue weighted by atomic mass is 9.85. The van der Waals surface area contributed by atoms with E-state index in [-0.39, 0.29) is 31.2 Å². The van der Waals surface area contributed by atoms with Gasteiger partial charge in [0.15, 0.2) is 9.84 Å². The SMILES string of the molecule is CC(C)(C)S(=O)(=O)CCN[C@H]1CCC[C@H](C(F)(F)F)C1. The average molecular weight is 315 g/mol. The third kappa shape index (κ3) is 4.91. The second kappa shape index (κ2) is 6.22. The maximum Gasteiger partial charge on any atom is 0.391 e. The molecule has 0 radical (unpaired) electrons. The van der Waals surface area contributed by atoms with Crippen molar-refractivity contribution >= 4 is 9.84 Å². The number of hydrogen-bond acceptors (Lipinski definition) is 3. The first-order valence-corrected chi connectivity index (χ1v) is 8.61. The van der Waals surface area contributed by atoms with Crippen LogP contribution >= 0.6 is 0 Å². The number of halogens is 3. The predicted molar refractivity (Wildman–Crippen MR) is 73.3 cm³/mol. The fourth-order valence-electron chi connectivity index (χ4n) is 2.38. The van der Waals surface area contributed by atoms with Gasteiger partial charge in [-0.2, -0.15) is 13.2 Å². The monoisotopic (exact) mass is 315 g/mol. The lowest BCUT2D eigenvalue weighted by Gasteiger charge is -2.31. The summed E-state index contributed by atoms with van der Waals surface area (Å²) in [5, 5.41) is 2.97. The lowest BCUT2D eigenvalue weighted by Crippen LogP contribution is -2.42. The van der Waals surface area contributed by atoms with E-state index in [4.69, 9.17) is 0 Å². The number of rotatable bonds is 4. The molecule has 1 aliphatic rings. The molecule has 1 rings (SSSR count). The minimum Gasteiger partial charge on any atom is -0.313 e. The molecule has 120 valence electrons. The fourth-order valence-corrected chi connectivity index (χ4v) is 3.38. The topological polar surface area (TPSA) is 46.2 Å². The number of alkyl halides is 3. The molecule has 1 aliphatic carbocycles. The van der Waals surface area contributed by atoms with E-state index in [1.165, 1.54) is 0 Å². The van der Waals surface area contributed by atoms with Crippen molar-refractivity contribution in [2.75, 3.05) is 12.3 Å². The number of hydrogen-bond donors (Lipinski definition) is 1. The van der Waals surface area contributed by atoms with Crippen molar-refractivity contribution in [1.29, 1.82) is 0 Å². The number of nitrogens with one attached hydrogen (secondary N) is 1. The molecule has 0 aliphatic heterocycles. The van der Waals surface area contributed by atoms with E-state index in [0.29, 0.717) is 12.8 Å². The van der Waals surface area contributed by atoms with Crippen LogP contribution in [0.15, 0.2) is 0 Å². The van der Waals surface area contributed by atoms with Gasteiger partial charge >= 0.3 is 6.18 Å². The summed E-state index contributed by atoms with van der Waals surface area (Å²) in [6, 6.07) is -0.231. The summed E-state index contributed by atoms with van der Waals surface area (Å²) in [5.41, 5.74) is 0. The van der Waals surface area contributed by atoms with Gasteiger partial charge in [-0.05, 0) is 40.0 Å². The smallest absolute Gasteiger partial charge is 0.313 e. The molecule has 0 bridgehead atoms. The second-order valence-electron chi connectivity index (χ2n) is 6.49. The standard InChI is InChI=1S/C13H24F3NO2S/c1-12(2,3)20(18,19)8-7-17-11-6-4-5-10(9-11)13(14,15)16/h10-11,17H,4-9H2,1-3H3/t10-,11-/m0/s1. The van der Waals surface area contributed by atoms with Crippen molar-refractivity contribution in [3.8, 4) is 0 Å². The largest absolute Gasteiger partial charge is 0.391 e. The molecule has 0 aromatic rings. The highest BCUT2D eigenvalue weighted by Gasteiger charge is 2.42. The highest BCUT2D eigenvalue weighted by Crippen LogP contribution is 2.37. The first kappa shape index (κ1) is 17.8. The Morgan fingerprint density at radius 3 is 2.25 bits per heavy atom. The molecular weight excluding hydrogens is 291 g/mol. The third-order valence-corrected chi connectivity index (χ3v) is 6.48. The Morgan fingerprint density at radius 1 is 1.15 bits per heavy atom. The molecule has 0 aromatic carbocycles. The molecule has 0 amide bonds. The van der Waals surface area contributed by atoms with E-state index in [2.05, 4.69) is 5.32 Å². The molecule has 0 saturated heterocycles. The van der Waals surface area contributed by atoms with Gasteiger partial charge in [0.05, 0.1) is 16.4 Å². The van der Waals surface area contributed by atoms with Crippen molar-refractivity contribution < 1.29 is 21.6 Å². The average Bonchev–Trinajstić information content (AvgIpc) is 2.26. The Kier molecular flexibility index (Phi) is 5.52. The Bertz CT molecular complexity index is 412. The first-order chi connectivity index (χ1) is 8.93. The molecule has 0 heterocycles. The Morgan fingerprint density at radius 2 is 1.75 bits per heavy atom. The van der Waals surface area contributed by atoms with Crippen LogP contribution in [-0.2, 0) is 9.84 Å². The van der Waals surface area contributed by atoms with Crippen LogP contribution in [0.2, 0.25) is 0 Å². The second-order valence-corrected chi connectivity index (χ2v) is 9.35. The van der Waals surface area contributed by atoms with Crippen LogP contribution < -0.4 is 5.32 Å². The van der Waals surface area contributed by atoms with Crippen LogP contribution in [0.3, 0.4) is 0 Å². The molecule has 2 atom stereocenters. The van der Waals surface area contributed by atoms with E-state index >= 15 is 0 Å². The highest BCUT2D eigenvalue weighted by atomic mass is 32.2. The Labute approximate surface area is 119 Å². The summed E-state index contributed by atoms with van der Waals surface area (Å²) in [6.07, 6.45) is -2.69. The molecule has 1 saturated carbocycles. The Hall–Kier alpha value is -0.300. The van der Waals surface area contributed by atoms with Crippen LogP contribution in [0.4, 0.5) is 13.2 Å². The fraction of sp³-hybridized carbons (Fsp3) is 1.00. The third-order valence-electron chi connectivity index (χ3n) is 3.87. The molecule has 0 spiro atoms. The van der Waals surface area contributed by atoms with Crippen molar-refractivity contribution in [1.82, 2.24) is 5.32 Å². The van der Waals surface area contributed by atoms with Gasteiger partial charge < -0.3 is 5.32 Å². The zero-order valence-corrected chi connectivity index (χ0v) is 13.1. The lowest BCUT2D eigenvalue weighted by molar-refractivity contribution is -0.183. The van der Waals surface area contributed by atoms with Crippen molar-refractivity contribution in [3.63, 3.8) is 0 Å². The number of sulfone groups is 1. The van der Waals surface area contributed by atoms with Gasteiger partial charge in [-0.1, -0.05) is 6.42 Å². The molecule has 0 aromatic heterocycles. The van der Waals surface area contributed by atoms with Crippen molar-refractivity contribution in [2.45, 2.75) is 63.4 Å². The van der Waals surface area contributed by atoms with Gasteiger partial charge in [-0.3, -0.25) is 0 Å². The minimum atomic E-state index is -4.14. The van der Waals surface area contributed by atoms with Crippen LogP contribution in [0.25, 0.3) is 0 Å². The molecule has 20 heavy (non-hydrogen) atoms. The quantitative estimate of drug-likeness (QED) is 0.867. The normalized spacial score (nSPS) is 25.7. The van der Waals surface area contributed by atoms with Crippen LogP contribution in [0.1, 0.15) is 46.5 Å². The zero-order chi connectivity index (χ0) is 15.6. The van der Waals surface area contributed by atoms with Crippen LogP contribution in [0, 0.1) is 5.92 Å². The van der Waals surface area contributed by atoms with Crippen molar-refractivity contribution in [2.24, 2.45) is 5.92 Å². The zero-order valence-electron chi connectivity index (χ0n) is 12.3. The summed E-state index contributed by atoms with van der Waals surface area (Å²) < 4.78 is 60.9. The molecule has 0 unspecified atom stereocenters. The van der Waals surface area contributed by atoms with Gasteiger partial charge in [-0.25, -0.2) is 8.42 Å².